The number of amides is 1. The van der Waals surface area contributed by atoms with Crippen molar-refractivity contribution in [2.24, 2.45) is 0 Å². The van der Waals surface area contributed by atoms with Gasteiger partial charge in [0.25, 0.3) is 5.91 Å². The van der Waals surface area contributed by atoms with Crippen molar-refractivity contribution < 1.29 is 4.79 Å². The van der Waals surface area contributed by atoms with Crippen LogP contribution in [0, 0.1) is 11.3 Å². The maximum Gasteiger partial charge on any atom is 0.255 e. The Morgan fingerprint density at radius 1 is 1.10 bits per heavy atom. The van der Waals surface area contributed by atoms with Crippen molar-refractivity contribution in [2.45, 2.75) is 26.2 Å². The summed E-state index contributed by atoms with van der Waals surface area (Å²) >= 11 is 0. The second kappa shape index (κ2) is 7.25. The van der Waals surface area contributed by atoms with Gasteiger partial charge >= 0.3 is 0 Å². The molecule has 0 aliphatic rings. The van der Waals surface area contributed by atoms with Crippen LogP contribution < -0.4 is 5.32 Å². The molecule has 0 radical (unpaired) electrons. The van der Waals surface area contributed by atoms with E-state index in [9.17, 15) is 4.79 Å². The maximum absolute atomic E-state index is 12.1. The van der Waals surface area contributed by atoms with Crippen LogP contribution in [0.15, 0.2) is 48.5 Å². The van der Waals surface area contributed by atoms with Crippen LogP contribution in [0.25, 0.3) is 0 Å². The van der Waals surface area contributed by atoms with E-state index in [1.807, 2.05) is 30.3 Å². The lowest BCUT2D eigenvalue weighted by Crippen LogP contribution is -2.11. The zero-order chi connectivity index (χ0) is 15.1. The number of hydrogen-bond acceptors (Lipinski definition) is 2. The van der Waals surface area contributed by atoms with Crippen LogP contribution in [0.4, 0.5) is 5.69 Å². The summed E-state index contributed by atoms with van der Waals surface area (Å²) in [7, 11) is 0. The van der Waals surface area contributed by atoms with Crippen molar-refractivity contribution in [3.05, 3.63) is 65.2 Å². The van der Waals surface area contributed by atoms with Crippen LogP contribution >= 0.6 is 0 Å². The third-order valence-electron chi connectivity index (χ3n) is 3.31. The third kappa shape index (κ3) is 4.19. The predicted molar refractivity (Wildman–Crippen MR) is 84.2 cm³/mol. The highest BCUT2D eigenvalue weighted by molar-refractivity contribution is 6.04. The van der Waals surface area contributed by atoms with Crippen molar-refractivity contribution in [3.8, 4) is 6.07 Å². The molecule has 1 amide bonds. The van der Waals surface area contributed by atoms with Crippen molar-refractivity contribution >= 4 is 11.6 Å². The molecule has 21 heavy (non-hydrogen) atoms. The number of carbonyl (C=O) groups excluding carboxylic acids is 1. The number of rotatable bonds is 5. The molecule has 0 saturated heterocycles. The molecule has 0 fully saturated rings. The van der Waals surface area contributed by atoms with E-state index in [4.69, 9.17) is 5.26 Å². The van der Waals surface area contributed by atoms with Gasteiger partial charge in [-0.05, 0) is 54.8 Å². The van der Waals surface area contributed by atoms with Gasteiger partial charge in [0.05, 0.1) is 11.6 Å². The molecular formula is C18H18N2O. The highest BCUT2D eigenvalue weighted by atomic mass is 16.1. The van der Waals surface area contributed by atoms with Crippen LogP contribution in [-0.4, -0.2) is 5.91 Å². The number of nitriles is 1. The van der Waals surface area contributed by atoms with Crippen molar-refractivity contribution in [1.29, 1.82) is 5.26 Å². The normalized spacial score (nSPS) is 9.90. The molecule has 2 aromatic rings. The number of unbranched alkanes of at least 4 members (excludes halogenated alkanes) is 1. The number of carbonyl (C=O) groups is 1. The highest BCUT2D eigenvalue weighted by Crippen LogP contribution is 2.12. The number of nitrogens with one attached hydrogen (secondary N) is 1. The van der Waals surface area contributed by atoms with Gasteiger partial charge < -0.3 is 5.32 Å². The summed E-state index contributed by atoms with van der Waals surface area (Å²) in [6.45, 7) is 2.17. The van der Waals surface area contributed by atoms with Gasteiger partial charge in [0.2, 0.25) is 0 Å². The van der Waals surface area contributed by atoms with Gasteiger partial charge in [0.15, 0.2) is 0 Å². The van der Waals surface area contributed by atoms with Gasteiger partial charge in [-0.15, -0.1) is 0 Å². The van der Waals surface area contributed by atoms with Crippen LogP contribution in [0.5, 0.6) is 0 Å². The molecule has 0 aliphatic carbocycles. The monoisotopic (exact) mass is 278 g/mol. The molecule has 0 unspecified atom stereocenters. The number of aryl methyl sites for hydroxylation is 1. The average molecular weight is 278 g/mol. The molecule has 1 N–H and O–H groups in total. The summed E-state index contributed by atoms with van der Waals surface area (Å²) in [6, 6.07) is 16.6. The molecule has 0 aromatic heterocycles. The van der Waals surface area contributed by atoms with E-state index in [0.29, 0.717) is 16.8 Å². The van der Waals surface area contributed by atoms with E-state index in [0.717, 1.165) is 12.8 Å². The summed E-state index contributed by atoms with van der Waals surface area (Å²) < 4.78 is 0. The Kier molecular flexibility index (Phi) is 5.11. The van der Waals surface area contributed by atoms with E-state index < -0.39 is 0 Å². The topological polar surface area (TPSA) is 52.9 Å². The minimum absolute atomic E-state index is 0.137. The van der Waals surface area contributed by atoms with Gasteiger partial charge in [0, 0.05) is 11.3 Å². The van der Waals surface area contributed by atoms with Crippen LogP contribution in [-0.2, 0) is 6.42 Å². The summed E-state index contributed by atoms with van der Waals surface area (Å²) in [5.41, 5.74) is 3.16. The van der Waals surface area contributed by atoms with E-state index in [2.05, 4.69) is 12.2 Å². The standard InChI is InChI=1S/C18H18N2O/c1-2-3-4-14-5-9-16(10-6-14)18(21)20-17-11-7-15(13-19)8-12-17/h5-12H,2-4H2,1H3,(H,20,21). The van der Waals surface area contributed by atoms with Crippen LogP contribution in [0.3, 0.4) is 0 Å². The number of hydrogen-bond donors (Lipinski definition) is 1. The molecule has 3 nitrogen and oxygen atoms in total. The third-order valence-corrected chi connectivity index (χ3v) is 3.31. The lowest BCUT2D eigenvalue weighted by atomic mass is 10.1. The van der Waals surface area contributed by atoms with E-state index >= 15 is 0 Å². The van der Waals surface area contributed by atoms with Crippen molar-refractivity contribution in [3.63, 3.8) is 0 Å². The minimum atomic E-state index is -0.137. The summed E-state index contributed by atoms with van der Waals surface area (Å²) in [5.74, 6) is -0.137. The molecule has 0 spiro atoms. The Hall–Kier alpha value is -2.60. The van der Waals surface area contributed by atoms with Gasteiger partial charge in [0.1, 0.15) is 0 Å². The first-order chi connectivity index (χ1) is 10.2. The second-order valence-electron chi connectivity index (χ2n) is 4.94. The molecule has 0 atom stereocenters. The fraction of sp³-hybridized carbons (Fsp3) is 0.222. The quantitative estimate of drug-likeness (QED) is 0.893. The van der Waals surface area contributed by atoms with Gasteiger partial charge in [-0.2, -0.15) is 5.26 Å². The van der Waals surface area contributed by atoms with Crippen LogP contribution in [0.1, 0.15) is 41.3 Å². The lowest BCUT2D eigenvalue weighted by Gasteiger charge is -2.06. The van der Waals surface area contributed by atoms with E-state index in [1.165, 1.54) is 12.0 Å². The van der Waals surface area contributed by atoms with Gasteiger partial charge in [-0.3, -0.25) is 4.79 Å². The number of nitrogens with zero attached hydrogens (tertiary/aromatic N) is 1. The number of anilines is 1. The molecule has 106 valence electrons. The highest BCUT2D eigenvalue weighted by Gasteiger charge is 2.06. The minimum Gasteiger partial charge on any atom is -0.322 e. The zero-order valence-corrected chi connectivity index (χ0v) is 12.1. The van der Waals surface area contributed by atoms with Gasteiger partial charge in [-0.1, -0.05) is 25.5 Å². The molecule has 3 heteroatoms. The Morgan fingerprint density at radius 2 is 1.76 bits per heavy atom. The average Bonchev–Trinajstić information content (AvgIpc) is 2.54. The Labute approximate surface area is 125 Å². The molecule has 0 bridgehead atoms. The van der Waals surface area contributed by atoms with Crippen LogP contribution in [0.2, 0.25) is 0 Å². The first-order valence-electron chi connectivity index (χ1n) is 7.13. The van der Waals surface area contributed by atoms with Gasteiger partial charge in [-0.25, -0.2) is 0 Å². The Balaban J connectivity index is 2.00. The SMILES string of the molecule is CCCCc1ccc(C(=O)Nc2ccc(C#N)cc2)cc1. The molecule has 0 heterocycles. The maximum atomic E-state index is 12.1. The molecular weight excluding hydrogens is 260 g/mol. The summed E-state index contributed by atoms with van der Waals surface area (Å²) in [5, 5.41) is 11.6. The lowest BCUT2D eigenvalue weighted by molar-refractivity contribution is 0.102. The Bertz CT molecular complexity index is 636. The molecule has 2 rings (SSSR count). The molecule has 0 saturated carbocycles. The van der Waals surface area contributed by atoms with Crippen molar-refractivity contribution in [2.75, 3.05) is 5.32 Å². The fourth-order valence-electron chi connectivity index (χ4n) is 2.04. The molecule has 2 aromatic carbocycles. The zero-order valence-electron chi connectivity index (χ0n) is 12.1. The summed E-state index contributed by atoms with van der Waals surface area (Å²) in [6.07, 6.45) is 3.38. The fourth-order valence-corrected chi connectivity index (χ4v) is 2.04. The first kappa shape index (κ1) is 14.8. The Morgan fingerprint density at radius 3 is 2.33 bits per heavy atom. The summed E-state index contributed by atoms with van der Waals surface area (Å²) in [4.78, 5) is 12.1. The van der Waals surface area contributed by atoms with E-state index in [-0.39, 0.29) is 5.91 Å². The second-order valence-corrected chi connectivity index (χ2v) is 4.94. The van der Waals surface area contributed by atoms with E-state index in [1.54, 1.807) is 24.3 Å². The molecule has 0 aliphatic heterocycles. The first-order valence-corrected chi connectivity index (χ1v) is 7.13. The smallest absolute Gasteiger partial charge is 0.255 e. The van der Waals surface area contributed by atoms with Crippen molar-refractivity contribution in [1.82, 2.24) is 0 Å². The largest absolute Gasteiger partial charge is 0.322 e. The number of benzene rings is 2. The predicted octanol–water partition coefficient (Wildman–Crippen LogP) is 4.15.